The van der Waals surface area contributed by atoms with Gasteiger partial charge >= 0.3 is 0 Å². The summed E-state index contributed by atoms with van der Waals surface area (Å²) in [5, 5.41) is 5.87. The van der Waals surface area contributed by atoms with Crippen LogP contribution in [0.2, 0.25) is 0 Å². The number of fused-ring (bicyclic) bond motifs is 1. The first kappa shape index (κ1) is 13.6. The van der Waals surface area contributed by atoms with Gasteiger partial charge in [-0.25, -0.2) is 0 Å². The molecule has 1 N–H and O–H groups in total. The third-order valence-electron chi connectivity index (χ3n) is 3.17. The number of hydrogen-bond donors (Lipinski definition) is 1. The van der Waals surface area contributed by atoms with Gasteiger partial charge in [-0.1, -0.05) is 34.1 Å². The van der Waals surface area contributed by atoms with Crippen molar-refractivity contribution < 1.29 is 0 Å². The van der Waals surface area contributed by atoms with Gasteiger partial charge in [-0.3, -0.25) is 4.98 Å². The van der Waals surface area contributed by atoms with Crippen molar-refractivity contribution in [2.75, 3.05) is 5.32 Å². The van der Waals surface area contributed by atoms with Gasteiger partial charge in [0.1, 0.15) is 0 Å². The van der Waals surface area contributed by atoms with E-state index in [0.29, 0.717) is 0 Å². The third-order valence-corrected chi connectivity index (χ3v) is 4.32. The van der Waals surface area contributed by atoms with Gasteiger partial charge in [-0.05, 0) is 51.1 Å². The van der Waals surface area contributed by atoms with Crippen LogP contribution in [0.15, 0.2) is 63.8 Å². The van der Waals surface area contributed by atoms with E-state index in [1.165, 1.54) is 16.3 Å². The molecule has 100 valence electrons. The van der Waals surface area contributed by atoms with Gasteiger partial charge in [-0.2, -0.15) is 0 Å². The average molecular weight is 392 g/mol. The molecule has 3 aromatic rings. The second-order valence-electron chi connectivity index (χ2n) is 4.49. The number of hydrogen-bond acceptors (Lipinski definition) is 2. The Hall–Kier alpha value is -1.39. The number of nitrogens with zero attached hydrogens (tertiary/aromatic N) is 1. The van der Waals surface area contributed by atoms with E-state index < -0.39 is 0 Å². The summed E-state index contributed by atoms with van der Waals surface area (Å²) in [5.41, 5.74) is 2.35. The number of anilines is 1. The van der Waals surface area contributed by atoms with E-state index in [9.17, 15) is 0 Å². The van der Waals surface area contributed by atoms with E-state index >= 15 is 0 Å². The van der Waals surface area contributed by atoms with Crippen LogP contribution in [-0.4, -0.2) is 4.98 Å². The van der Waals surface area contributed by atoms with Crippen LogP contribution in [-0.2, 0) is 6.54 Å². The molecule has 1 aromatic heterocycles. The number of nitrogens with one attached hydrogen (secondary N) is 1. The summed E-state index contributed by atoms with van der Waals surface area (Å²) in [6, 6.07) is 14.5. The molecule has 4 heteroatoms. The second-order valence-corrected chi connectivity index (χ2v) is 6.26. The largest absolute Gasteiger partial charge is 0.380 e. The molecule has 1 heterocycles. The van der Waals surface area contributed by atoms with Crippen molar-refractivity contribution in [3.05, 3.63) is 69.4 Å². The van der Waals surface area contributed by atoms with Gasteiger partial charge in [0.2, 0.25) is 0 Å². The number of pyridine rings is 1. The van der Waals surface area contributed by atoms with Crippen LogP contribution in [0.5, 0.6) is 0 Å². The highest BCUT2D eigenvalue weighted by atomic mass is 79.9. The predicted molar refractivity (Wildman–Crippen MR) is 90.9 cm³/mol. The zero-order valence-corrected chi connectivity index (χ0v) is 13.8. The molecule has 2 aromatic carbocycles. The lowest BCUT2D eigenvalue weighted by Gasteiger charge is -2.11. The molecule has 0 aliphatic rings. The molecule has 0 aliphatic carbocycles. The van der Waals surface area contributed by atoms with Crippen molar-refractivity contribution in [3.8, 4) is 0 Å². The van der Waals surface area contributed by atoms with Crippen LogP contribution in [0, 0.1) is 0 Å². The van der Waals surface area contributed by atoms with E-state index in [0.717, 1.165) is 21.2 Å². The topological polar surface area (TPSA) is 24.9 Å². The Morgan fingerprint density at radius 3 is 2.80 bits per heavy atom. The summed E-state index contributed by atoms with van der Waals surface area (Å²) in [6.07, 6.45) is 3.73. The van der Waals surface area contributed by atoms with Crippen molar-refractivity contribution in [2.24, 2.45) is 0 Å². The van der Waals surface area contributed by atoms with Crippen molar-refractivity contribution in [1.29, 1.82) is 0 Å². The molecule has 20 heavy (non-hydrogen) atoms. The molecular weight excluding hydrogens is 380 g/mol. The minimum Gasteiger partial charge on any atom is -0.380 e. The highest BCUT2D eigenvalue weighted by Gasteiger charge is 2.03. The Bertz CT molecular complexity index is 751. The van der Waals surface area contributed by atoms with Gasteiger partial charge in [-0.15, -0.1) is 0 Å². The van der Waals surface area contributed by atoms with Crippen LogP contribution in [0.25, 0.3) is 10.8 Å². The molecule has 0 aliphatic heterocycles. The zero-order valence-electron chi connectivity index (χ0n) is 10.6. The van der Waals surface area contributed by atoms with E-state index in [-0.39, 0.29) is 0 Å². The first-order valence-corrected chi connectivity index (χ1v) is 7.83. The minimum absolute atomic E-state index is 0.779. The summed E-state index contributed by atoms with van der Waals surface area (Å²) in [7, 11) is 0. The average Bonchev–Trinajstić information content (AvgIpc) is 2.46. The lowest BCUT2D eigenvalue weighted by Crippen LogP contribution is -2.00. The lowest BCUT2D eigenvalue weighted by atomic mass is 10.1. The molecule has 0 radical (unpaired) electrons. The third kappa shape index (κ3) is 2.86. The standard InChI is InChI=1S/C16H12Br2N2/c17-13-4-5-16(15(18)8-13)20-10-12-3-1-2-11-9-19-7-6-14(11)12/h1-9,20H,10H2. The van der Waals surface area contributed by atoms with E-state index in [1.54, 1.807) is 0 Å². The van der Waals surface area contributed by atoms with Crippen molar-refractivity contribution in [3.63, 3.8) is 0 Å². The maximum absolute atomic E-state index is 4.16. The van der Waals surface area contributed by atoms with Gasteiger partial charge in [0, 0.05) is 39.0 Å². The zero-order chi connectivity index (χ0) is 13.9. The molecule has 0 fully saturated rings. The summed E-state index contributed by atoms with van der Waals surface area (Å²) in [5.74, 6) is 0. The predicted octanol–water partition coefficient (Wildman–Crippen LogP) is 5.37. The normalized spacial score (nSPS) is 10.7. The molecule has 2 nitrogen and oxygen atoms in total. The molecule has 0 amide bonds. The quantitative estimate of drug-likeness (QED) is 0.648. The molecule has 0 spiro atoms. The SMILES string of the molecule is Brc1ccc(NCc2cccc3cnccc23)c(Br)c1. The van der Waals surface area contributed by atoms with Gasteiger partial charge in [0.25, 0.3) is 0 Å². The molecule has 0 saturated carbocycles. The fourth-order valence-electron chi connectivity index (χ4n) is 2.17. The molecule has 0 unspecified atom stereocenters. The minimum atomic E-state index is 0.779. The van der Waals surface area contributed by atoms with Crippen LogP contribution >= 0.6 is 31.9 Å². The smallest absolute Gasteiger partial charge is 0.0488 e. The van der Waals surface area contributed by atoms with E-state index in [2.05, 4.69) is 72.5 Å². The number of benzene rings is 2. The highest BCUT2D eigenvalue weighted by Crippen LogP contribution is 2.27. The van der Waals surface area contributed by atoms with Crippen LogP contribution in [0.1, 0.15) is 5.56 Å². The highest BCUT2D eigenvalue weighted by molar-refractivity contribution is 9.11. The number of halogens is 2. The van der Waals surface area contributed by atoms with Crippen molar-refractivity contribution in [1.82, 2.24) is 4.98 Å². The lowest BCUT2D eigenvalue weighted by molar-refractivity contribution is 1.16. The van der Waals surface area contributed by atoms with Gasteiger partial charge in [0.15, 0.2) is 0 Å². The van der Waals surface area contributed by atoms with Crippen LogP contribution in [0.4, 0.5) is 5.69 Å². The van der Waals surface area contributed by atoms with Crippen molar-refractivity contribution >= 4 is 48.3 Å². The second kappa shape index (κ2) is 5.94. The summed E-state index contributed by atoms with van der Waals surface area (Å²) in [4.78, 5) is 4.16. The maximum Gasteiger partial charge on any atom is 0.0488 e. The Morgan fingerprint density at radius 1 is 1.05 bits per heavy atom. The van der Waals surface area contributed by atoms with Crippen LogP contribution in [0.3, 0.4) is 0 Å². The van der Waals surface area contributed by atoms with E-state index in [1.807, 2.05) is 24.5 Å². The molecule has 0 atom stereocenters. The first-order chi connectivity index (χ1) is 9.74. The van der Waals surface area contributed by atoms with E-state index in [4.69, 9.17) is 0 Å². The molecule has 0 saturated heterocycles. The number of rotatable bonds is 3. The van der Waals surface area contributed by atoms with Crippen molar-refractivity contribution in [2.45, 2.75) is 6.54 Å². The fraction of sp³-hybridized carbons (Fsp3) is 0.0625. The number of aromatic nitrogens is 1. The maximum atomic E-state index is 4.16. The molecule has 0 bridgehead atoms. The Morgan fingerprint density at radius 2 is 1.95 bits per heavy atom. The summed E-state index contributed by atoms with van der Waals surface area (Å²) in [6.45, 7) is 0.779. The Kier molecular flexibility index (Phi) is 4.03. The molecular formula is C16H12Br2N2. The summed E-state index contributed by atoms with van der Waals surface area (Å²) >= 11 is 7.03. The van der Waals surface area contributed by atoms with Gasteiger partial charge in [0.05, 0.1) is 0 Å². The fourth-order valence-corrected chi connectivity index (χ4v) is 3.35. The monoisotopic (exact) mass is 390 g/mol. The molecule has 3 rings (SSSR count). The Balaban J connectivity index is 1.87. The van der Waals surface area contributed by atoms with Crippen LogP contribution < -0.4 is 5.32 Å². The first-order valence-electron chi connectivity index (χ1n) is 6.24. The Labute approximate surface area is 134 Å². The summed E-state index contributed by atoms with van der Waals surface area (Å²) < 4.78 is 2.11. The van der Waals surface area contributed by atoms with Gasteiger partial charge < -0.3 is 5.32 Å².